The molecule has 1 aromatic carbocycles. The van der Waals surface area contributed by atoms with Crippen LogP contribution in [0.25, 0.3) is 0 Å². The topological polar surface area (TPSA) is 27.7 Å². The number of hydrogen-bond acceptors (Lipinski definition) is 3. The Morgan fingerprint density at radius 2 is 2.00 bits per heavy atom. The largest absolute Gasteiger partial charge is 0.385 e. The van der Waals surface area contributed by atoms with E-state index in [2.05, 4.69) is 47.1 Å². The van der Waals surface area contributed by atoms with E-state index in [-0.39, 0.29) is 6.10 Å². The molecule has 108 valence electrons. The molecule has 0 saturated carbocycles. The molecule has 0 radical (unpaired) electrons. The van der Waals surface area contributed by atoms with Crippen molar-refractivity contribution in [2.75, 3.05) is 38.9 Å². The lowest BCUT2D eigenvalue weighted by Gasteiger charge is -2.16. The summed E-state index contributed by atoms with van der Waals surface area (Å²) in [5.41, 5.74) is 2.46. The number of ether oxygens (including phenoxy) is 3. The summed E-state index contributed by atoms with van der Waals surface area (Å²) < 4.78 is 16.3. The molecule has 0 fully saturated rings. The molecule has 0 N–H and O–H groups in total. The normalized spacial score (nSPS) is 12.6. The van der Waals surface area contributed by atoms with Crippen LogP contribution in [0.3, 0.4) is 0 Å². The fourth-order valence-corrected chi connectivity index (χ4v) is 2.32. The van der Waals surface area contributed by atoms with Crippen LogP contribution in [0.15, 0.2) is 24.3 Å². The van der Waals surface area contributed by atoms with E-state index in [0.717, 1.165) is 25.0 Å². The van der Waals surface area contributed by atoms with Crippen molar-refractivity contribution in [2.24, 2.45) is 0 Å². The summed E-state index contributed by atoms with van der Waals surface area (Å²) in [6.45, 7) is 4.79. The predicted molar refractivity (Wildman–Crippen MR) is 81.0 cm³/mol. The number of alkyl halides is 1. The van der Waals surface area contributed by atoms with Crippen molar-refractivity contribution in [3.63, 3.8) is 0 Å². The lowest BCUT2D eigenvalue weighted by Crippen LogP contribution is -2.12. The molecule has 1 unspecified atom stereocenters. The highest BCUT2D eigenvalue weighted by Crippen LogP contribution is 2.20. The fraction of sp³-hybridized carbons (Fsp3) is 0.600. The van der Waals surface area contributed by atoms with E-state index in [4.69, 9.17) is 14.2 Å². The molecule has 3 nitrogen and oxygen atoms in total. The molecule has 0 aliphatic heterocycles. The molecular weight excluding hydrogens is 308 g/mol. The Bertz CT molecular complexity index is 344. The highest BCUT2D eigenvalue weighted by molar-refractivity contribution is 9.09. The molecule has 0 aliphatic carbocycles. The van der Waals surface area contributed by atoms with Gasteiger partial charge in [0.05, 0.1) is 19.3 Å². The van der Waals surface area contributed by atoms with E-state index in [0.29, 0.717) is 13.2 Å². The van der Waals surface area contributed by atoms with Crippen LogP contribution in [0.5, 0.6) is 0 Å². The maximum Gasteiger partial charge on any atom is 0.0922 e. The minimum Gasteiger partial charge on any atom is -0.385 e. The average Bonchev–Trinajstić information content (AvgIpc) is 2.42. The van der Waals surface area contributed by atoms with E-state index in [9.17, 15) is 0 Å². The van der Waals surface area contributed by atoms with E-state index in [1.54, 1.807) is 7.11 Å². The Balaban J connectivity index is 2.22. The maximum atomic E-state index is 5.84. The first-order chi connectivity index (χ1) is 9.27. The van der Waals surface area contributed by atoms with Gasteiger partial charge in [-0.25, -0.2) is 0 Å². The van der Waals surface area contributed by atoms with Crippen LogP contribution in [0.1, 0.15) is 23.7 Å². The first-order valence-electron chi connectivity index (χ1n) is 6.58. The number of benzene rings is 1. The van der Waals surface area contributed by atoms with E-state index >= 15 is 0 Å². The zero-order valence-electron chi connectivity index (χ0n) is 11.7. The zero-order chi connectivity index (χ0) is 13.9. The Morgan fingerprint density at radius 3 is 2.68 bits per heavy atom. The molecule has 0 aliphatic rings. The predicted octanol–water partition coefficient (Wildman–Crippen LogP) is 3.50. The third-order valence-corrected chi connectivity index (χ3v) is 3.33. The fourth-order valence-electron chi connectivity index (χ4n) is 1.76. The second-order valence-corrected chi connectivity index (χ2v) is 5.03. The van der Waals surface area contributed by atoms with E-state index in [1.807, 2.05) is 0 Å². The van der Waals surface area contributed by atoms with Crippen molar-refractivity contribution in [2.45, 2.75) is 19.4 Å². The van der Waals surface area contributed by atoms with Gasteiger partial charge in [0, 0.05) is 25.7 Å². The van der Waals surface area contributed by atoms with Crippen LogP contribution in [-0.4, -0.2) is 38.9 Å². The third kappa shape index (κ3) is 7.06. The van der Waals surface area contributed by atoms with Gasteiger partial charge in [0.1, 0.15) is 0 Å². The van der Waals surface area contributed by atoms with Gasteiger partial charge in [0.2, 0.25) is 0 Å². The van der Waals surface area contributed by atoms with Gasteiger partial charge < -0.3 is 14.2 Å². The minimum absolute atomic E-state index is 0.0856. The molecule has 0 aromatic heterocycles. The summed E-state index contributed by atoms with van der Waals surface area (Å²) in [5, 5.41) is 0.792. The third-order valence-electron chi connectivity index (χ3n) is 2.74. The van der Waals surface area contributed by atoms with E-state index in [1.165, 1.54) is 11.1 Å². The molecule has 1 atom stereocenters. The molecule has 1 rings (SSSR count). The lowest BCUT2D eigenvalue weighted by atomic mass is 10.1. The molecule has 1 aromatic rings. The molecule has 0 saturated heterocycles. The summed E-state index contributed by atoms with van der Waals surface area (Å²) >= 11 is 3.50. The second-order valence-electron chi connectivity index (χ2n) is 4.39. The molecule has 0 bridgehead atoms. The minimum atomic E-state index is 0.0856. The van der Waals surface area contributed by atoms with Crippen LogP contribution in [-0.2, 0) is 14.2 Å². The van der Waals surface area contributed by atoms with Gasteiger partial charge in [-0.1, -0.05) is 45.8 Å². The van der Waals surface area contributed by atoms with Crippen molar-refractivity contribution in [3.05, 3.63) is 35.4 Å². The molecular formula is C15H23BrO3. The number of rotatable bonds is 10. The van der Waals surface area contributed by atoms with Gasteiger partial charge in [-0.15, -0.1) is 0 Å². The van der Waals surface area contributed by atoms with Crippen LogP contribution in [0, 0.1) is 6.92 Å². The average molecular weight is 331 g/mol. The zero-order valence-corrected chi connectivity index (χ0v) is 13.3. The molecule has 19 heavy (non-hydrogen) atoms. The number of aryl methyl sites for hydroxylation is 1. The number of methoxy groups -OCH3 is 1. The lowest BCUT2D eigenvalue weighted by molar-refractivity contribution is 0.00977. The highest BCUT2D eigenvalue weighted by atomic mass is 79.9. The molecule has 0 spiro atoms. The van der Waals surface area contributed by atoms with Crippen molar-refractivity contribution >= 4 is 15.9 Å². The summed E-state index contributed by atoms with van der Waals surface area (Å²) in [4.78, 5) is 0. The van der Waals surface area contributed by atoms with Crippen molar-refractivity contribution in [1.29, 1.82) is 0 Å². The van der Waals surface area contributed by atoms with Gasteiger partial charge in [-0.2, -0.15) is 0 Å². The SMILES string of the molecule is COCCCOCCOC(CBr)c1cccc(C)c1. The Morgan fingerprint density at radius 1 is 1.16 bits per heavy atom. The summed E-state index contributed by atoms with van der Waals surface area (Å²) in [7, 11) is 1.70. The molecule has 4 heteroatoms. The first-order valence-corrected chi connectivity index (χ1v) is 7.71. The van der Waals surface area contributed by atoms with Crippen LogP contribution in [0.4, 0.5) is 0 Å². The van der Waals surface area contributed by atoms with Gasteiger partial charge in [0.15, 0.2) is 0 Å². The van der Waals surface area contributed by atoms with Gasteiger partial charge in [0.25, 0.3) is 0 Å². The highest BCUT2D eigenvalue weighted by Gasteiger charge is 2.10. The second kappa shape index (κ2) is 10.4. The van der Waals surface area contributed by atoms with Gasteiger partial charge in [-0.3, -0.25) is 0 Å². The maximum absolute atomic E-state index is 5.84. The molecule has 0 heterocycles. The summed E-state index contributed by atoms with van der Waals surface area (Å²) in [5.74, 6) is 0. The van der Waals surface area contributed by atoms with Gasteiger partial charge in [-0.05, 0) is 18.9 Å². The Hall–Kier alpha value is -0.420. The van der Waals surface area contributed by atoms with Gasteiger partial charge >= 0.3 is 0 Å². The van der Waals surface area contributed by atoms with Crippen LogP contribution in [0.2, 0.25) is 0 Å². The van der Waals surface area contributed by atoms with Crippen molar-refractivity contribution in [1.82, 2.24) is 0 Å². The van der Waals surface area contributed by atoms with Crippen LogP contribution < -0.4 is 0 Å². The van der Waals surface area contributed by atoms with Crippen molar-refractivity contribution in [3.8, 4) is 0 Å². The number of hydrogen-bond donors (Lipinski definition) is 0. The summed E-state index contributed by atoms with van der Waals surface area (Å²) in [6, 6.07) is 8.41. The smallest absolute Gasteiger partial charge is 0.0922 e. The first kappa shape index (κ1) is 16.6. The van der Waals surface area contributed by atoms with E-state index < -0.39 is 0 Å². The summed E-state index contributed by atoms with van der Waals surface area (Å²) in [6.07, 6.45) is 1.01. The standard InChI is InChI=1S/C15H23BrO3/c1-13-5-3-6-14(11-13)15(12-16)19-10-9-18-8-4-7-17-2/h3,5-6,11,15H,4,7-10,12H2,1-2H3. The number of halogens is 1. The Labute approximate surface area is 124 Å². The monoisotopic (exact) mass is 330 g/mol. The van der Waals surface area contributed by atoms with Crippen molar-refractivity contribution < 1.29 is 14.2 Å². The molecule has 0 amide bonds. The van der Waals surface area contributed by atoms with Crippen LogP contribution >= 0.6 is 15.9 Å². The quantitative estimate of drug-likeness (QED) is 0.485. The Kier molecular flexibility index (Phi) is 9.08.